The Labute approximate surface area is 79.0 Å². The Morgan fingerprint density at radius 3 is 2.38 bits per heavy atom. The number of hydrogen-bond donors (Lipinski definition) is 2. The largest absolute Gasteiger partial charge is 0.381 e. The molecule has 0 spiro atoms. The summed E-state index contributed by atoms with van der Waals surface area (Å²) in [4.78, 5) is 0. The third-order valence-corrected chi connectivity index (χ3v) is 2.28. The molecule has 0 amide bonds. The summed E-state index contributed by atoms with van der Waals surface area (Å²) in [5.41, 5.74) is 5.84. The molecule has 0 aliphatic heterocycles. The van der Waals surface area contributed by atoms with Crippen molar-refractivity contribution in [1.82, 2.24) is 0 Å². The van der Waals surface area contributed by atoms with E-state index >= 15 is 0 Å². The molecule has 0 heterocycles. The first-order valence-electron chi connectivity index (χ1n) is 4.61. The van der Waals surface area contributed by atoms with Crippen molar-refractivity contribution in [2.75, 3.05) is 7.11 Å². The molecule has 0 radical (unpaired) electrons. The SMILES string of the molecule is COC1CC(N)C(OC(C)(C)O)C1. The number of methoxy groups -OCH3 is 1. The normalized spacial score (nSPS) is 35.3. The second kappa shape index (κ2) is 3.92. The average molecular weight is 189 g/mol. The summed E-state index contributed by atoms with van der Waals surface area (Å²) in [5.74, 6) is -1.11. The molecule has 0 aromatic heterocycles. The van der Waals surface area contributed by atoms with Crippen LogP contribution in [0.25, 0.3) is 0 Å². The van der Waals surface area contributed by atoms with Crippen LogP contribution in [0, 0.1) is 0 Å². The van der Waals surface area contributed by atoms with E-state index in [0.29, 0.717) is 0 Å². The molecule has 3 N–H and O–H groups in total. The van der Waals surface area contributed by atoms with Crippen molar-refractivity contribution in [2.45, 2.75) is 50.7 Å². The molecular formula is C9H19NO3. The van der Waals surface area contributed by atoms with Gasteiger partial charge in [-0.25, -0.2) is 0 Å². The molecule has 1 saturated carbocycles. The summed E-state index contributed by atoms with van der Waals surface area (Å²) in [6, 6.07) is -0.0311. The minimum atomic E-state index is -1.11. The molecule has 0 aromatic rings. The zero-order valence-electron chi connectivity index (χ0n) is 8.49. The maximum atomic E-state index is 9.44. The lowest BCUT2D eigenvalue weighted by Gasteiger charge is -2.25. The summed E-state index contributed by atoms with van der Waals surface area (Å²) >= 11 is 0. The first-order chi connectivity index (χ1) is 5.92. The smallest absolute Gasteiger partial charge is 0.160 e. The number of aliphatic hydroxyl groups is 1. The van der Waals surface area contributed by atoms with E-state index in [1.807, 2.05) is 0 Å². The molecule has 4 nitrogen and oxygen atoms in total. The second-order valence-corrected chi connectivity index (χ2v) is 4.10. The quantitative estimate of drug-likeness (QED) is 0.624. The van der Waals surface area contributed by atoms with Crippen LogP contribution in [0.4, 0.5) is 0 Å². The van der Waals surface area contributed by atoms with Gasteiger partial charge in [0.15, 0.2) is 5.79 Å². The van der Waals surface area contributed by atoms with Crippen molar-refractivity contribution in [3.63, 3.8) is 0 Å². The zero-order valence-corrected chi connectivity index (χ0v) is 8.49. The highest BCUT2D eigenvalue weighted by atomic mass is 16.6. The van der Waals surface area contributed by atoms with E-state index < -0.39 is 5.79 Å². The molecule has 13 heavy (non-hydrogen) atoms. The van der Waals surface area contributed by atoms with Crippen LogP contribution < -0.4 is 5.73 Å². The highest BCUT2D eigenvalue weighted by molar-refractivity contribution is 4.88. The van der Waals surface area contributed by atoms with Crippen LogP contribution >= 0.6 is 0 Å². The van der Waals surface area contributed by atoms with E-state index in [1.165, 1.54) is 0 Å². The van der Waals surface area contributed by atoms with Gasteiger partial charge in [0.05, 0.1) is 12.2 Å². The summed E-state index contributed by atoms with van der Waals surface area (Å²) in [7, 11) is 1.67. The van der Waals surface area contributed by atoms with Gasteiger partial charge in [-0.2, -0.15) is 0 Å². The van der Waals surface area contributed by atoms with Gasteiger partial charge >= 0.3 is 0 Å². The van der Waals surface area contributed by atoms with E-state index in [2.05, 4.69) is 0 Å². The van der Waals surface area contributed by atoms with Gasteiger partial charge in [-0.1, -0.05) is 0 Å². The van der Waals surface area contributed by atoms with Crippen LogP contribution in [0.15, 0.2) is 0 Å². The minimum Gasteiger partial charge on any atom is -0.381 e. The molecule has 0 aromatic carbocycles. The van der Waals surface area contributed by atoms with Crippen molar-refractivity contribution in [3.05, 3.63) is 0 Å². The summed E-state index contributed by atoms with van der Waals surface area (Å²) in [6.45, 7) is 3.22. The van der Waals surface area contributed by atoms with Gasteiger partial charge in [-0.05, 0) is 20.3 Å². The average Bonchev–Trinajstić information content (AvgIpc) is 2.29. The first-order valence-corrected chi connectivity index (χ1v) is 4.61. The van der Waals surface area contributed by atoms with Crippen LogP contribution in [0.3, 0.4) is 0 Å². The standard InChI is InChI=1S/C9H19NO3/c1-9(2,11)13-8-5-6(12-3)4-7(8)10/h6-8,11H,4-5,10H2,1-3H3. The number of nitrogens with two attached hydrogens (primary N) is 1. The van der Waals surface area contributed by atoms with Crippen LogP contribution in [-0.2, 0) is 9.47 Å². The fourth-order valence-corrected chi connectivity index (χ4v) is 1.68. The first kappa shape index (κ1) is 10.9. The Morgan fingerprint density at radius 2 is 2.00 bits per heavy atom. The second-order valence-electron chi connectivity index (χ2n) is 4.10. The van der Waals surface area contributed by atoms with Crippen molar-refractivity contribution >= 4 is 0 Å². The zero-order chi connectivity index (χ0) is 10.1. The van der Waals surface area contributed by atoms with Crippen molar-refractivity contribution < 1.29 is 14.6 Å². The molecule has 0 saturated heterocycles. The topological polar surface area (TPSA) is 64.7 Å². The molecule has 1 fully saturated rings. The van der Waals surface area contributed by atoms with E-state index in [1.54, 1.807) is 21.0 Å². The Balaban J connectivity index is 2.44. The number of hydrogen-bond acceptors (Lipinski definition) is 4. The highest BCUT2D eigenvalue weighted by Gasteiger charge is 2.35. The van der Waals surface area contributed by atoms with Crippen LogP contribution in [0.5, 0.6) is 0 Å². The van der Waals surface area contributed by atoms with Crippen LogP contribution in [0.1, 0.15) is 26.7 Å². The molecule has 3 atom stereocenters. The van der Waals surface area contributed by atoms with Gasteiger partial charge in [0, 0.05) is 19.6 Å². The van der Waals surface area contributed by atoms with Crippen molar-refractivity contribution in [3.8, 4) is 0 Å². The third-order valence-electron chi connectivity index (χ3n) is 2.28. The van der Waals surface area contributed by atoms with Crippen LogP contribution in [-0.4, -0.2) is 36.3 Å². The van der Waals surface area contributed by atoms with Gasteiger partial charge in [-0.15, -0.1) is 0 Å². The predicted molar refractivity (Wildman–Crippen MR) is 49.2 cm³/mol. The Kier molecular flexibility index (Phi) is 3.29. The molecule has 4 heteroatoms. The molecule has 1 aliphatic carbocycles. The lowest BCUT2D eigenvalue weighted by Crippen LogP contribution is -2.38. The Bertz CT molecular complexity index is 167. The van der Waals surface area contributed by atoms with Gasteiger partial charge < -0.3 is 20.3 Å². The van der Waals surface area contributed by atoms with Crippen molar-refractivity contribution in [1.29, 1.82) is 0 Å². The third kappa shape index (κ3) is 3.23. The molecule has 3 unspecified atom stereocenters. The molecular weight excluding hydrogens is 170 g/mol. The van der Waals surface area contributed by atoms with E-state index in [9.17, 15) is 5.11 Å². The monoisotopic (exact) mass is 189 g/mol. The van der Waals surface area contributed by atoms with Gasteiger partial charge in [-0.3, -0.25) is 0 Å². The summed E-state index contributed by atoms with van der Waals surface area (Å²) in [6.07, 6.45) is 1.64. The van der Waals surface area contributed by atoms with Crippen LogP contribution in [0.2, 0.25) is 0 Å². The van der Waals surface area contributed by atoms with E-state index in [-0.39, 0.29) is 18.2 Å². The number of ether oxygens (including phenoxy) is 2. The summed E-state index contributed by atoms with van der Waals surface area (Å²) < 4.78 is 10.6. The molecule has 78 valence electrons. The Hall–Kier alpha value is -0.160. The molecule has 0 bridgehead atoms. The molecule has 1 rings (SSSR count). The van der Waals surface area contributed by atoms with Gasteiger partial charge in [0.25, 0.3) is 0 Å². The van der Waals surface area contributed by atoms with Gasteiger partial charge in [0.2, 0.25) is 0 Å². The molecule has 1 aliphatic rings. The lowest BCUT2D eigenvalue weighted by molar-refractivity contribution is -0.207. The Morgan fingerprint density at radius 1 is 1.38 bits per heavy atom. The maximum Gasteiger partial charge on any atom is 0.160 e. The van der Waals surface area contributed by atoms with Gasteiger partial charge in [0.1, 0.15) is 0 Å². The van der Waals surface area contributed by atoms with E-state index in [0.717, 1.165) is 12.8 Å². The lowest BCUT2D eigenvalue weighted by atomic mass is 10.2. The fraction of sp³-hybridized carbons (Fsp3) is 1.00. The fourth-order valence-electron chi connectivity index (χ4n) is 1.68. The van der Waals surface area contributed by atoms with E-state index in [4.69, 9.17) is 15.2 Å². The highest BCUT2D eigenvalue weighted by Crippen LogP contribution is 2.26. The predicted octanol–water partition coefficient (Wildman–Crippen LogP) is 0.236. The summed E-state index contributed by atoms with van der Waals surface area (Å²) in [5, 5.41) is 9.44. The maximum absolute atomic E-state index is 9.44. The number of rotatable bonds is 3. The van der Waals surface area contributed by atoms with Crippen molar-refractivity contribution in [2.24, 2.45) is 5.73 Å². The minimum absolute atomic E-state index is 0.0311.